The molecule has 11 nitrogen and oxygen atoms in total. The maximum atomic E-state index is 14.9. The quantitative estimate of drug-likeness (QED) is 0.0531. The second kappa shape index (κ2) is 19.9. The van der Waals surface area contributed by atoms with E-state index in [1.807, 2.05) is 19.9 Å². The van der Waals surface area contributed by atoms with Gasteiger partial charge in [0.1, 0.15) is 23.7 Å². The number of hydrogen-bond donors (Lipinski definition) is 3. The fourth-order valence-corrected chi connectivity index (χ4v) is 10.5. The molecule has 65 heavy (non-hydrogen) atoms. The number of aliphatic hydroxyl groups excluding tert-OH is 3. The maximum absolute atomic E-state index is 14.9. The average Bonchev–Trinajstić information content (AvgIpc) is 3.28. The zero-order valence-corrected chi connectivity index (χ0v) is 37.7. The minimum Gasteiger partial charge on any atom is -0.483 e. The van der Waals surface area contributed by atoms with E-state index < -0.39 is 54.7 Å². The van der Waals surface area contributed by atoms with Crippen molar-refractivity contribution in [2.24, 2.45) is 5.92 Å². The molecule has 0 radical (unpaired) electrons. The Labute approximate surface area is 380 Å². The summed E-state index contributed by atoms with van der Waals surface area (Å²) in [6, 6.07) is 31.2. The molecular formula is C54H60O11. The highest BCUT2D eigenvalue weighted by molar-refractivity contribution is 5.90. The standard InChI is InChI=1S/C54H60O11/c1-32(2)41-19-15-33-13-16-36(17-14-33)42-20-18-38(37-12-8-11-35(26-37)25-34-9-6-5-7-10-34)27-40(42)28-46(58)62-50-48-45(65-54(3,4)51(50)64-52(41)59)22-21-43-44(29-56)47(53(60)63-49(43)48)39(23-24-55)30-61-31-57/h5-14,16-17,21-22,26,38-40,42,50-51,55-57H,15,18-20,23-25,27-31H2,1-4H3/t38-,39-,40+,42+,50-,51+/m1/s1. The molecule has 1 aliphatic carbocycles. The minimum absolute atomic E-state index is 0.0165. The van der Waals surface area contributed by atoms with Gasteiger partial charge in [0.15, 0.2) is 12.2 Å². The summed E-state index contributed by atoms with van der Waals surface area (Å²) in [5, 5.41) is 30.5. The number of aryl methyl sites for hydroxylation is 1. The van der Waals surface area contributed by atoms with Crippen molar-refractivity contribution in [3.8, 4) is 5.75 Å². The Morgan fingerprint density at radius 1 is 0.846 bits per heavy atom. The van der Waals surface area contributed by atoms with Crippen LogP contribution < -0.4 is 10.4 Å². The van der Waals surface area contributed by atoms with Gasteiger partial charge in [0.2, 0.25) is 0 Å². The summed E-state index contributed by atoms with van der Waals surface area (Å²) in [7, 11) is 0. The van der Waals surface area contributed by atoms with Crippen LogP contribution in [0.2, 0.25) is 0 Å². The number of benzene rings is 4. The Hall–Kier alpha value is -5.59. The summed E-state index contributed by atoms with van der Waals surface area (Å²) in [6.45, 7) is 5.71. The fourth-order valence-electron chi connectivity index (χ4n) is 10.5. The highest BCUT2D eigenvalue weighted by Gasteiger charge is 2.51. The van der Waals surface area contributed by atoms with Gasteiger partial charge in [-0.2, -0.15) is 0 Å². The third-order valence-corrected chi connectivity index (χ3v) is 13.8. The zero-order valence-electron chi connectivity index (χ0n) is 37.7. The van der Waals surface area contributed by atoms with Crippen molar-refractivity contribution in [1.29, 1.82) is 0 Å². The summed E-state index contributed by atoms with van der Waals surface area (Å²) < 4.78 is 31.1. The zero-order chi connectivity index (χ0) is 45.8. The predicted molar refractivity (Wildman–Crippen MR) is 246 cm³/mol. The van der Waals surface area contributed by atoms with Crippen molar-refractivity contribution in [2.45, 2.75) is 121 Å². The largest absolute Gasteiger partial charge is 0.483 e. The number of carbonyl (C=O) groups excluding carboxylic acids is 2. The highest BCUT2D eigenvalue weighted by atomic mass is 16.6. The van der Waals surface area contributed by atoms with Gasteiger partial charge in [-0.05, 0) is 136 Å². The molecule has 9 rings (SSSR count). The van der Waals surface area contributed by atoms with Crippen LogP contribution in [0.3, 0.4) is 0 Å². The average molecular weight is 885 g/mol. The molecular weight excluding hydrogens is 825 g/mol. The van der Waals surface area contributed by atoms with Gasteiger partial charge in [0.05, 0.1) is 18.8 Å². The second-order valence-corrected chi connectivity index (χ2v) is 18.7. The lowest BCUT2D eigenvalue weighted by molar-refractivity contribution is -0.188. The van der Waals surface area contributed by atoms with Crippen LogP contribution in [0.5, 0.6) is 5.75 Å². The molecule has 2 bridgehead atoms. The Morgan fingerprint density at radius 2 is 1.62 bits per heavy atom. The summed E-state index contributed by atoms with van der Waals surface area (Å²) in [4.78, 5) is 43.3. The van der Waals surface area contributed by atoms with Crippen molar-refractivity contribution in [1.82, 2.24) is 0 Å². The number of rotatable bonds is 10. The molecule has 4 aliphatic rings. The molecule has 3 aliphatic heterocycles. The Morgan fingerprint density at radius 3 is 2.34 bits per heavy atom. The van der Waals surface area contributed by atoms with Gasteiger partial charge < -0.3 is 38.7 Å². The lowest BCUT2D eigenvalue weighted by atomic mass is 9.68. The molecule has 6 atom stereocenters. The van der Waals surface area contributed by atoms with Gasteiger partial charge in [-0.25, -0.2) is 9.59 Å². The van der Waals surface area contributed by atoms with Gasteiger partial charge in [0, 0.05) is 35.5 Å². The molecule has 4 heterocycles. The van der Waals surface area contributed by atoms with E-state index in [2.05, 4.69) is 72.8 Å². The first kappa shape index (κ1) is 46.0. The first-order valence-corrected chi connectivity index (χ1v) is 22.9. The van der Waals surface area contributed by atoms with Gasteiger partial charge in [-0.1, -0.05) is 84.4 Å². The van der Waals surface area contributed by atoms with Gasteiger partial charge in [-0.3, -0.25) is 4.79 Å². The van der Waals surface area contributed by atoms with E-state index in [-0.39, 0.29) is 71.8 Å². The smallest absolute Gasteiger partial charge is 0.340 e. The SMILES string of the molecule is CC(C)=C1CCc2ccc(cc2)[C@@H]2CC[C@@H](c3cccc(Cc4ccccc4)c3)C[C@H]2CC(=O)O[C@@H]2c3c(ccc4c(CO)c([C@H](CCO)COCO)c(=O)oc34)OC(C)(C)[C@H]2OC1=O. The summed E-state index contributed by atoms with van der Waals surface area (Å²) in [5.74, 6) is -1.31. The molecule has 1 saturated carbocycles. The van der Waals surface area contributed by atoms with E-state index in [0.29, 0.717) is 23.8 Å². The topological polar surface area (TPSA) is 162 Å². The molecule has 1 fully saturated rings. The molecule has 0 saturated heterocycles. The van der Waals surface area contributed by atoms with Gasteiger partial charge in [-0.15, -0.1) is 0 Å². The molecule has 0 spiro atoms. The summed E-state index contributed by atoms with van der Waals surface area (Å²) >= 11 is 0. The first-order chi connectivity index (χ1) is 31.4. The number of esters is 2. The van der Waals surface area contributed by atoms with Crippen LogP contribution >= 0.6 is 0 Å². The van der Waals surface area contributed by atoms with E-state index >= 15 is 0 Å². The van der Waals surface area contributed by atoms with E-state index in [1.54, 1.807) is 26.0 Å². The van der Waals surface area contributed by atoms with Gasteiger partial charge in [0.25, 0.3) is 0 Å². The van der Waals surface area contributed by atoms with Gasteiger partial charge >= 0.3 is 17.6 Å². The Balaban J connectivity index is 1.22. The third kappa shape index (κ3) is 9.84. The van der Waals surface area contributed by atoms with Crippen LogP contribution in [0.25, 0.3) is 11.0 Å². The Bertz CT molecular complexity index is 2590. The number of ether oxygens (including phenoxy) is 4. The molecule has 3 N–H and O–H groups in total. The van der Waals surface area contributed by atoms with Crippen LogP contribution in [-0.4, -0.2) is 59.0 Å². The van der Waals surface area contributed by atoms with Crippen LogP contribution in [0.1, 0.15) is 135 Å². The Kier molecular flexibility index (Phi) is 14.1. The highest BCUT2D eigenvalue weighted by Crippen LogP contribution is 2.50. The molecule has 4 aromatic carbocycles. The van der Waals surface area contributed by atoms with E-state index in [9.17, 15) is 29.7 Å². The second-order valence-electron chi connectivity index (χ2n) is 18.7. The predicted octanol–water partition coefficient (Wildman–Crippen LogP) is 9.02. The summed E-state index contributed by atoms with van der Waals surface area (Å²) in [5.41, 5.74) is 5.80. The summed E-state index contributed by atoms with van der Waals surface area (Å²) in [6.07, 6.45) is 2.15. The maximum Gasteiger partial charge on any atom is 0.340 e. The number of carbonyl (C=O) groups is 2. The van der Waals surface area contributed by atoms with E-state index in [4.69, 9.17) is 23.4 Å². The van der Waals surface area contributed by atoms with Crippen molar-refractivity contribution in [3.63, 3.8) is 0 Å². The third-order valence-electron chi connectivity index (χ3n) is 13.8. The van der Waals surface area contributed by atoms with Crippen LogP contribution in [0, 0.1) is 5.92 Å². The number of fused-ring (bicyclic) bond motifs is 11. The van der Waals surface area contributed by atoms with Crippen molar-refractivity contribution < 1.29 is 48.3 Å². The molecule has 0 amide bonds. The fraction of sp³-hybridized carbons (Fsp3) is 0.426. The lowest BCUT2D eigenvalue weighted by Crippen LogP contribution is -2.52. The van der Waals surface area contributed by atoms with Crippen LogP contribution in [-0.2, 0) is 43.2 Å². The van der Waals surface area contributed by atoms with Crippen molar-refractivity contribution in [3.05, 3.63) is 157 Å². The van der Waals surface area contributed by atoms with Crippen LogP contribution in [0.4, 0.5) is 0 Å². The molecule has 1 aromatic heterocycles. The molecule has 0 unspecified atom stereocenters. The van der Waals surface area contributed by atoms with Crippen molar-refractivity contribution >= 4 is 22.9 Å². The molecule has 342 valence electrons. The number of allylic oxidation sites excluding steroid dienone is 1. The first-order valence-electron chi connectivity index (χ1n) is 22.9. The normalized spacial score (nSPS) is 22.5. The van der Waals surface area contributed by atoms with Crippen LogP contribution in [0.15, 0.2) is 111 Å². The van der Waals surface area contributed by atoms with E-state index in [1.165, 1.54) is 16.7 Å². The monoisotopic (exact) mass is 884 g/mol. The molecule has 5 aromatic rings. The number of aliphatic hydroxyl groups is 3. The van der Waals surface area contributed by atoms with Crippen molar-refractivity contribution in [2.75, 3.05) is 20.0 Å². The molecule has 11 heteroatoms. The minimum atomic E-state index is -1.28. The lowest BCUT2D eigenvalue weighted by Gasteiger charge is -2.44. The number of hydrogen-bond acceptors (Lipinski definition) is 11. The van der Waals surface area contributed by atoms with E-state index in [0.717, 1.165) is 42.4 Å².